The van der Waals surface area contributed by atoms with Gasteiger partial charge in [0.25, 0.3) is 0 Å². The minimum Gasteiger partial charge on any atom is -0.726 e. The molecule has 88 heavy (non-hydrogen) atoms. The van der Waals surface area contributed by atoms with E-state index >= 15 is 0 Å². The Morgan fingerprint density at radius 1 is 0.750 bits per heavy atom. The van der Waals surface area contributed by atoms with Crippen LogP contribution in [0, 0.1) is 39.4 Å². The standard InChI is InChI=1S/C56H88O28S2.2Na/c1-25(2)13-12-18-54(9)49-55(10,82-27(4)57)24-53(8)29-14-15-33-51(5,6)34(17-19-52(33,7)28(29)16-20-56(49,53)50(65)83-54)78-48-44(36(60)32(22-74-48)84-86(69,70)71)81-46-38(62)37(61)41(26(3)76-46)79-45-39(63)42(30(58)21-73-45)80-47-40(64)43(72-11)35(59)31(77-47)23-75-85(66,67)68;;/h14,26,28,30-49,58-64H,1,12-13,15-24H2,2-11H3,(H,66,67,68)(H,69,70,71);;/q;2*+1/p-2/t26?,28?,30?,31?,32?,33?,34?,35?,36?,37?,38?,39?,40?,41?,42?,43?,44?,45?,46?,47?,48?,49?,52?,53-,54-,55-,56?;;/m0../s1. The molecule has 0 aromatic heterocycles. The number of aliphatic hydroxyl groups is 7. The quantitative estimate of drug-likeness (QED) is 0.0208. The van der Waals surface area contributed by atoms with Crippen LogP contribution in [0.2, 0.25) is 0 Å². The zero-order valence-electron chi connectivity index (χ0n) is 52.0. The molecule has 7 N–H and O–H groups in total. The van der Waals surface area contributed by atoms with Gasteiger partial charge in [-0.05, 0) is 108 Å². The molecule has 9 aliphatic rings. The van der Waals surface area contributed by atoms with Gasteiger partial charge in [-0.25, -0.2) is 16.8 Å². The van der Waals surface area contributed by atoms with E-state index in [1.54, 1.807) is 0 Å². The van der Waals surface area contributed by atoms with E-state index < -0.39 is 197 Å². The third kappa shape index (κ3) is 13.9. The van der Waals surface area contributed by atoms with Crippen LogP contribution in [0.4, 0.5) is 0 Å². The molecule has 9 rings (SSSR count). The second-order valence-electron chi connectivity index (χ2n) is 26.8. The van der Waals surface area contributed by atoms with Gasteiger partial charge < -0.3 is 97.0 Å². The van der Waals surface area contributed by atoms with E-state index in [1.165, 1.54) is 13.8 Å². The molecule has 5 aliphatic heterocycles. The summed E-state index contributed by atoms with van der Waals surface area (Å²) in [6.45, 7) is 19.0. The van der Waals surface area contributed by atoms with Crippen molar-refractivity contribution in [3.05, 3.63) is 23.8 Å². The molecule has 0 bridgehead atoms. The van der Waals surface area contributed by atoms with Crippen LogP contribution in [0.15, 0.2) is 23.8 Å². The topological polar surface area (TPSA) is 410 Å². The predicted molar refractivity (Wildman–Crippen MR) is 287 cm³/mol. The van der Waals surface area contributed by atoms with Crippen LogP contribution < -0.4 is 59.1 Å². The molecule has 8 fully saturated rings. The van der Waals surface area contributed by atoms with Crippen molar-refractivity contribution in [3.63, 3.8) is 0 Å². The number of esters is 2. The molecule has 24 unspecified atom stereocenters. The summed E-state index contributed by atoms with van der Waals surface area (Å²) in [6.07, 6.45) is -24.7. The molecule has 4 aliphatic carbocycles. The number of ether oxygens (including phenoxy) is 11. The van der Waals surface area contributed by atoms with Gasteiger partial charge in [0.1, 0.15) is 90.6 Å². The molecule has 5 saturated heterocycles. The molecule has 0 aromatic rings. The Labute approximate surface area is 557 Å². The van der Waals surface area contributed by atoms with Crippen LogP contribution in [0.3, 0.4) is 0 Å². The van der Waals surface area contributed by atoms with E-state index in [0.717, 1.165) is 31.1 Å². The number of allylic oxidation sites excluding steroid dienone is 3. The summed E-state index contributed by atoms with van der Waals surface area (Å²) in [4.78, 5) is 27.8. The predicted octanol–water partition coefficient (Wildman–Crippen LogP) is -5.84. The van der Waals surface area contributed by atoms with Crippen molar-refractivity contribution in [3.8, 4) is 0 Å². The molecule has 28 nitrogen and oxygen atoms in total. The third-order valence-electron chi connectivity index (χ3n) is 20.7. The van der Waals surface area contributed by atoms with Crippen LogP contribution in [-0.4, -0.2) is 228 Å². The van der Waals surface area contributed by atoms with Gasteiger partial charge in [0, 0.05) is 19.4 Å². The van der Waals surface area contributed by atoms with Gasteiger partial charge in [-0.15, -0.1) is 6.58 Å². The molecule has 492 valence electrons. The van der Waals surface area contributed by atoms with Crippen molar-refractivity contribution in [1.82, 2.24) is 0 Å². The summed E-state index contributed by atoms with van der Waals surface area (Å²) in [5, 5.41) is 79.1. The number of hydrogen-bond acceptors (Lipinski definition) is 28. The minimum atomic E-state index is -5.44. The zero-order valence-corrected chi connectivity index (χ0v) is 57.6. The van der Waals surface area contributed by atoms with Gasteiger partial charge in [-0.3, -0.25) is 18.0 Å². The largest absolute Gasteiger partial charge is 1.00 e. The average Bonchev–Trinajstić information content (AvgIpc) is 1.46. The maximum atomic E-state index is 14.8. The first kappa shape index (κ1) is 74.9. The Morgan fingerprint density at radius 2 is 1.38 bits per heavy atom. The molecule has 32 heteroatoms. The summed E-state index contributed by atoms with van der Waals surface area (Å²) in [5.74, 6) is -1.18. The van der Waals surface area contributed by atoms with Crippen molar-refractivity contribution in [2.45, 2.75) is 248 Å². The van der Waals surface area contributed by atoms with Gasteiger partial charge in [0.15, 0.2) is 25.2 Å². The number of carbonyl (C=O) groups excluding carboxylic acids is 2. The van der Waals surface area contributed by atoms with Crippen LogP contribution in [0.1, 0.15) is 120 Å². The summed E-state index contributed by atoms with van der Waals surface area (Å²) in [5.41, 5.74) is -2.49. The number of fused-ring (bicyclic) bond motifs is 4. The van der Waals surface area contributed by atoms with Crippen molar-refractivity contribution >= 4 is 32.7 Å². The fourth-order valence-electron chi connectivity index (χ4n) is 17.2. The summed E-state index contributed by atoms with van der Waals surface area (Å²) in [6, 6.07) is 0. The summed E-state index contributed by atoms with van der Waals surface area (Å²) < 4.78 is 144. The number of methoxy groups -OCH3 is 1. The van der Waals surface area contributed by atoms with E-state index in [9.17, 15) is 71.3 Å². The molecule has 27 atom stereocenters. The van der Waals surface area contributed by atoms with Gasteiger partial charge in [-0.2, -0.15) is 0 Å². The molecule has 5 heterocycles. The Morgan fingerprint density at radius 3 is 2.00 bits per heavy atom. The van der Waals surface area contributed by atoms with E-state index in [2.05, 4.69) is 48.7 Å². The van der Waals surface area contributed by atoms with Crippen molar-refractivity contribution < 1.29 is 191 Å². The Hall–Kier alpha value is -0.480. The number of hydrogen-bond donors (Lipinski definition) is 7. The number of aliphatic hydroxyl groups excluding tert-OH is 7. The Bertz CT molecular complexity index is 2780. The van der Waals surface area contributed by atoms with E-state index in [0.29, 0.717) is 44.9 Å². The van der Waals surface area contributed by atoms with Crippen LogP contribution in [-0.2, 0) is 90.9 Å². The number of cyclic esters (lactones) is 1. The molecular weight excluding hydrogens is 1230 g/mol. The Kier molecular flexibility index (Phi) is 23.5. The minimum absolute atomic E-state index is 0. The second-order valence-corrected chi connectivity index (χ2v) is 28.8. The Balaban J connectivity index is 0.00000552. The van der Waals surface area contributed by atoms with Crippen LogP contribution >= 0.6 is 0 Å². The van der Waals surface area contributed by atoms with E-state index in [-0.39, 0.29) is 82.3 Å². The van der Waals surface area contributed by atoms with Gasteiger partial charge >= 0.3 is 71.1 Å². The molecule has 0 aromatic carbocycles. The van der Waals surface area contributed by atoms with E-state index in [4.69, 9.17) is 52.1 Å². The van der Waals surface area contributed by atoms with Gasteiger partial charge in [0.2, 0.25) is 20.8 Å². The smallest absolute Gasteiger partial charge is 0.726 e. The molecule has 3 saturated carbocycles. The average molecular weight is 1320 g/mol. The summed E-state index contributed by atoms with van der Waals surface area (Å²) >= 11 is 0. The molecular formula is C56H86Na2O28S2. The summed E-state index contributed by atoms with van der Waals surface area (Å²) in [7, 11) is -9.63. The molecule has 0 radical (unpaired) electrons. The second kappa shape index (κ2) is 27.6. The van der Waals surface area contributed by atoms with Crippen molar-refractivity contribution in [2.24, 2.45) is 39.4 Å². The van der Waals surface area contributed by atoms with Crippen LogP contribution in [0.5, 0.6) is 0 Å². The maximum absolute atomic E-state index is 14.8. The molecule has 1 spiro atoms. The normalized spacial score (nSPS) is 47.4. The fourth-order valence-corrected chi connectivity index (χ4v) is 18.0. The van der Waals surface area contributed by atoms with Gasteiger partial charge in [0.05, 0.1) is 43.4 Å². The van der Waals surface area contributed by atoms with E-state index in [1.807, 2.05) is 20.8 Å². The monoisotopic (exact) mass is 1320 g/mol. The third-order valence-corrected chi connectivity index (χ3v) is 21.7. The fraction of sp³-hybridized carbons (Fsp3) is 0.893. The number of rotatable bonds is 19. The number of carbonyl (C=O) groups is 2. The van der Waals surface area contributed by atoms with Crippen molar-refractivity contribution in [2.75, 3.05) is 26.9 Å². The molecule has 0 amide bonds. The van der Waals surface area contributed by atoms with Gasteiger partial charge in [-0.1, -0.05) is 44.9 Å². The first-order chi connectivity index (χ1) is 39.9. The van der Waals surface area contributed by atoms with Crippen molar-refractivity contribution in [1.29, 1.82) is 0 Å². The maximum Gasteiger partial charge on any atom is 1.00 e. The SMILES string of the molecule is C=C(C)CCC[C@]1(C)OC(=O)C23CCC4C(=CCC5C(C)(C)C(OC6OCC(OS(=O)(=O)[O-])C(O)C6OC6OC(C)C(OC7OCC(O)C(OC8OC(COS(=O)(=O)[O-])C(O)C(OC)C8O)C7O)C(O)C6O)CCC45C)[C@]2(C)C[C@](C)(OC(C)=O)C31.[Na+].[Na+]. The first-order valence-electron chi connectivity index (χ1n) is 29.3. The van der Waals surface area contributed by atoms with Crippen LogP contribution in [0.25, 0.3) is 0 Å². The first-order valence-corrected chi connectivity index (χ1v) is 32.0. The zero-order chi connectivity index (χ0) is 63.4.